The summed E-state index contributed by atoms with van der Waals surface area (Å²) in [5.41, 5.74) is 3.64. The largest absolute Gasteiger partial charge is 0.480 e. The number of hydrogen-bond acceptors (Lipinski definition) is 4. The Bertz CT molecular complexity index is 1370. The van der Waals surface area contributed by atoms with Gasteiger partial charge in [-0.1, -0.05) is 41.0 Å². The molecule has 4 rings (SSSR count). The van der Waals surface area contributed by atoms with Crippen molar-refractivity contribution in [2.24, 2.45) is 0 Å². The van der Waals surface area contributed by atoms with Crippen LogP contribution < -0.4 is 0 Å². The number of alkyl halides is 4. The Kier molecular flexibility index (Phi) is 6.79. The first-order valence-corrected chi connectivity index (χ1v) is 12.6. The van der Waals surface area contributed by atoms with Crippen LogP contribution in [0.4, 0.5) is 13.2 Å². The van der Waals surface area contributed by atoms with Crippen LogP contribution in [0.3, 0.4) is 0 Å². The van der Waals surface area contributed by atoms with E-state index in [-0.39, 0.29) is 5.92 Å². The molecule has 0 aliphatic carbocycles. The van der Waals surface area contributed by atoms with E-state index in [0.29, 0.717) is 29.5 Å². The summed E-state index contributed by atoms with van der Waals surface area (Å²) in [6.07, 6.45) is -2.82. The smallest absolute Gasteiger partial charge is 0.416 e. The monoisotopic (exact) mass is 553 g/mol. The van der Waals surface area contributed by atoms with Crippen LogP contribution in [0.1, 0.15) is 52.6 Å². The minimum Gasteiger partial charge on any atom is -0.480 e. The average Bonchev–Trinajstić information content (AvgIpc) is 3.31. The number of carbonyl (C=O) groups is 1. The van der Waals surface area contributed by atoms with Gasteiger partial charge in [0.25, 0.3) is 0 Å². The van der Waals surface area contributed by atoms with Gasteiger partial charge in [0.1, 0.15) is 4.83 Å². The second-order valence-corrected chi connectivity index (χ2v) is 11.0. The lowest BCUT2D eigenvalue weighted by Crippen LogP contribution is -2.15. The summed E-state index contributed by atoms with van der Waals surface area (Å²) >= 11 is 4.58. The molecule has 1 N–H and O–H groups in total. The molecule has 0 aliphatic rings. The number of aryl methyl sites for hydroxylation is 3. The molecule has 1 unspecified atom stereocenters. The summed E-state index contributed by atoms with van der Waals surface area (Å²) in [7, 11) is 0. The number of benzene rings is 2. The van der Waals surface area contributed by atoms with Gasteiger partial charge in [0, 0.05) is 15.0 Å². The van der Waals surface area contributed by atoms with Crippen molar-refractivity contribution in [3.8, 4) is 0 Å². The van der Waals surface area contributed by atoms with Gasteiger partial charge in [0.2, 0.25) is 0 Å². The predicted molar refractivity (Wildman–Crippen MR) is 131 cm³/mol. The van der Waals surface area contributed by atoms with Gasteiger partial charge >= 0.3 is 12.1 Å². The van der Waals surface area contributed by atoms with Gasteiger partial charge in [0.15, 0.2) is 5.58 Å². The first-order valence-electron chi connectivity index (χ1n) is 10.8. The third kappa shape index (κ3) is 4.86. The molecular formula is C25H23BrF3NO3S. The van der Waals surface area contributed by atoms with Crippen molar-refractivity contribution in [3.05, 3.63) is 63.2 Å². The molecule has 180 valence electrons. The highest BCUT2D eigenvalue weighted by Gasteiger charge is 2.31. The standard InChI is InChI=1S/C25H23BrF3NO3S/c1-12(2)23-16-5-4-15(25(27,28)29)11-22(16)34-21(23)7-6-19-17-8-13(3)14(9-18(26)24(31)32)10-20(17)33-30-19/h4-5,8,10-12,18H,6-7,9H2,1-3H3,(H,31,32). The van der Waals surface area contributed by atoms with Crippen molar-refractivity contribution in [1.29, 1.82) is 0 Å². The van der Waals surface area contributed by atoms with Gasteiger partial charge in [-0.15, -0.1) is 11.3 Å². The van der Waals surface area contributed by atoms with Gasteiger partial charge in [-0.3, -0.25) is 4.79 Å². The molecule has 4 aromatic rings. The minimum atomic E-state index is -4.37. The van der Waals surface area contributed by atoms with Crippen LogP contribution in [-0.4, -0.2) is 21.1 Å². The Balaban J connectivity index is 1.63. The molecule has 9 heteroatoms. The molecular weight excluding hydrogens is 531 g/mol. The number of halogens is 4. The molecule has 0 bridgehead atoms. The summed E-state index contributed by atoms with van der Waals surface area (Å²) in [4.78, 5) is 11.5. The maximum absolute atomic E-state index is 13.2. The highest BCUT2D eigenvalue weighted by Crippen LogP contribution is 2.40. The predicted octanol–water partition coefficient (Wildman–Crippen LogP) is 7.67. The molecule has 0 saturated carbocycles. The summed E-state index contributed by atoms with van der Waals surface area (Å²) < 4.78 is 45.7. The molecule has 0 aliphatic heterocycles. The average molecular weight is 554 g/mol. The maximum atomic E-state index is 13.2. The second-order valence-electron chi connectivity index (χ2n) is 8.72. The van der Waals surface area contributed by atoms with Crippen LogP contribution in [0.2, 0.25) is 0 Å². The van der Waals surface area contributed by atoms with Crippen molar-refractivity contribution in [2.45, 2.75) is 57.0 Å². The van der Waals surface area contributed by atoms with E-state index in [1.807, 2.05) is 32.9 Å². The van der Waals surface area contributed by atoms with Crippen molar-refractivity contribution >= 4 is 54.3 Å². The van der Waals surface area contributed by atoms with Crippen LogP contribution >= 0.6 is 27.3 Å². The lowest BCUT2D eigenvalue weighted by molar-refractivity contribution is -0.137. The van der Waals surface area contributed by atoms with Crippen LogP contribution in [0.25, 0.3) is 21.1 Å². The van der Waals surface area contributed by atoms with Gasteiger partial charge in [-0.2, -0.15) is 13.2 Å². The third-order valence-corrected chi connectivity index (χ3v) is 7.91. The van der Waals surface area contributed by atoms with Crippen LogP contribution in [0.5, 0.6) is 0 Å². The normalized spacial score (nSPS) is 13.3. The first kappa shape index (κ1) is 24.7. The van der Waals surface area contributed by atoms with E-state index in [9.17, 15) is 18.0 Å². The summed E-state index contributed by atoms with van der Waals surface area (Å²) in [6.45, 7) is 6.02. The highest BCUT2D eigenvalue weighted by molar-refractivity contribution is 9.10. The fraction of sp³-hybridized carbons (Fsp3) is 0.360. The summed E-state index contributed by atoms with van der Waals surface area (Å²) in [5.74, 6) is -0.754. The minimum absolute atomic E-state index is 0.172. The van der Waals surface area contributed by atoms with E-state index in [1.165, 1.54) is 17.4 Å². The number of thiophene rings is 1. The molecule has 2 heterocycles. The van der Waals surface area contributed by atoms with E-state index in [1.54, 1.807) is 6.07 Å². The number of carboxylic acid groups (broad SMARTS) is 1. The number of carboxylic acids is 1. The number of nitrogens with zero attached hydrogens (tertiary/aromatic N) is 1. The quantitative estimate of drug-likeness (QED) is 0.238. The molecule has 0 fully saturated rings. The number of aromatic nitrogens is 1. The Labute approximate surface area is 206 Å². The summed E-state index contributed by atoms with van der Waals surface area (Å²) in [5, 5.41) is 15.1. The van der Waals surface area contributed by atoms with E-state index < -0.39 is 22.5 Å². The Hall–Kier alpha value is -2.39. The zero-order chi connectivity index (χ0) is 24.8. The second kappa shape index (κ2) is 9.34. The molecule has 0 amide bonds. The van der Waals surface area contributed by atoms with E-state index in [4.69, 9.17) is 9.63 Å². The topological polar surface area (TPSA) is 63.3 Å². The third-order valence-electron chi connectivity index (χ3n) is 5.97. The molecule has 2 aromatic carbocycles. The van der Waals surface area contributed by atoms with E-state index >= 15 is 0 Å². The van der Waals surface area contributed by atoms with Gasteiger partial charge in [0.05, 0.1) is 11.3 Å². The van der Waals surface area contributed by atoms with Crippen molar-refractivity contribution < 1.29 is 27.6 Å². The highest BCUT2D eigenvalue weighted by atomic mass is 79.9. The van der Waals surface area contributed by atoms with Crippen LogP contribution in [-0.2, 0) is 30.2 Å². The fourth-order valence-electron chi connectivity index (χ4n) is 4.26. The molecule has 4 nitrogen and oxygen atoms in total. The zero-order valence-corrected chi connectivity index (χ0v) is 21.2. The van der Waals surface area contributed by atoms with Crippen molar-refractivity contribution in [3.63, 3.8) is 0 Å². The fourth-order valence-corrected chi connectivity index (χ4v) is 6.01. The van der Waals surface area contributed by atoms with Gasteiger partial charge < -0.3 is 9.63 Å². The number of rotatable bonds is 7. The molecule has 2 aromatic heterocycles. The number of hydrogen-bond donors (Lipinski definition) is 1. The number of aliphatic carboxylic acids is 1. The van der Waals surface area contributed by atoms with Crippen molar-refractivity contribution in [1.82, 2.24) is 5.16 Å². The Morgan fingerprint density at radius 1 is 1.18 bits per heavy atom. The Morgan fingerprint density at radius 3 is 2.56 bits per heavy atom. The first-order chi connectivity index (χ1) is 16.0. The molecule has 0 radical (unpaired) electrons. The summed E-state index contributed by atoms with van der Waals surface area (Å²) in [6, 6.07) is 7.76. The van der Waals surface area contributed by atoms with Gasteiger partial charge in [-0.25, -0.2) is 0 Å². The molecule has 1 atom stereocenters. The number of fused-ring (bicyclic) bond motifs is 2. The molecule has 34 heavy (non-hydrogen) atoms. The van der Waals surface area contributed by atoms with Crippen LogP contribution in [0, 0.1) is 6.92 Å². The molecule has 0 saturated heterocycles. The van der Waals surface area contributed by atoms with Crippen molar-refractivity contribution in [2.75, 3.05) is 0 Å². The van der Waals surface area contributed by atoms with E-state index in [2.05, 4.69) is 21.1 Å². The Morgan fingerprint density at radius 2 is 1.91 bits per heavy atom. The lowest BCUT2D eigenvalue weighted by Gasteiger charge is -2.09. The van der Waals surface area contributed by atoms with Gasteiger partial charge in [-0.05, 0) is 78.4 Å². The SMILES string of the molecule is Cc1cc2c(CCc3sc4cc(C(F)(F)F)ccc4c3C(C)C)noc2cc1CC(Br)C(=O)O. The van der Waals surface area contributed by atoms with E-state index in [0.717, 1.165) is 44.1 Å². The lowest BCUT2D eigenvalue weighted by atomic mass is 9.96. The maximum Gasteiger partial charge on any atom is 0.416 e. The zero-order valence-electron chi connectivity index (χ0n) is 18.8. The van der Waals surface area contributed by atoms with Crippen LogP contribution in [0.15, 0.2) is 34.9 Å². The molecule has 0 spiro atoms.